The van der Waals surface area contributed by atoms with E-state index in [-0.39, 0.29) is 6.17 Å². The lowest BCUT2D eigenvalue weighted by molar-refractivity contribution is 0.214. The summed E-state index contributed by atoms with van der Waals surface area (Å²) in [6.45, 7) is 5.99. The summed E-state index contributed by atoms with van der Waals surface area (Å²) in [5.41, 5.74) is 0. The second kappa shape index (κ2) is 7.03. The summed E-state index contributed by atoms with van der Waals surface area (Å²) < 4.78 is 0. The minimum Gasteiger partial charge on any atom is -0.354 e. The second-order valence-corrected chi connectivity index (χ2v) is 6.27. The third-order valence-electron chi connectivity index (χ3n) is 4.72. The zero-order valence-corrected chi connectivity index (χ0v) is 14.3. The minimum absolute atomic E-state index is 0.220. The molecule has 4 rings (SSSR count). The first kappa shape index (κ1) is 15.8. The molecule has 2 aromatic heterocycles. The maximum Gasteiger partial charge on any atom is 0.225 e. The van der Waals surface area contributed by atoms with E-state index in [9.17, 15) is 0 Å². The summed E-state index contributed by atoms with van der Waals surface area (Å²) >= 11 is 0. The Bertz CT molecular complexity index is 824. The fraction of sp³-hybridized carbons (Fsp3) is 0.316. The van der Waals surface area contributed by atoms with Gasteiger partial charge in [-0.1, -0.05) is 24.3 Å². The van der Waals surface area contributed by atoms with E-state index in [1.807, 2.05) is 18.3 Å². The van der Waals surface area contributed by atoms with Crippen LogP contribution in [-0.2, 0) is 0 Å². The number of hydrogen-bond donors (Lipinski definition) is 1. The van der Waals surface area contributed by atoms with E-state index in [0.29, 0.717) is 0 Å². The predicted octanol–water partition coefficient (Wildman–Crippen LogP) is 2.60. The summed E-state index contributed by atoms with van der Waals surface area (Å²) in [4.78, 5) is 17.9. The molecule has 1 aliphatic rings. The third-order valence-corrected chi connectivity index (χ3v) is 4.72. The fourth-order valence-electron chi connectivity index (χ4n) is 3.29. The van der Waals surface area contributed by atoms with Crippen LogP contribution in [0.5, 0.6) is 0 Å². The smallest absolute Gasteiger partial charge is 0.225 e. The van der Waals surface area contributed by atoms with Crippen LogP contribution in [-0.4, -0.2) is 52.2 Å². The molecule has 3 heterocycles. The highest BCUT2D eigenvalue weighted by atomic mass is 15.4. The van der Waals surface area contributed by atoms with E-state index in [1.54, 1.807) is 12.4 Å². The van der Waals surface area contributed by atoms with Crippen molar-refractivity contribution in [3.05, 3.63) is 55.0 Å². The van der Waals surface area contributed by atoms with Crippen molar-refractivity contribution in [2.45, 2.75) is 13.1 Å². The molecular weight excluding hydrogens is 312 g/mol. The molecular formula is C19H22N6. The van der Waals surface area contributed by atoms with Crippen molar-refractivity contribution in [1.82, 2.24) is 19.9 Å². The van der Waals surface area contributed by atoms with Gasteiger partial charge in [-0.15, -0.1) is 0 Å². The Kier molecular flexibility index (Phi) is 4.43. The van der Waals surface area contributed by atoms with Crippen molar-refractivity contribution in [1.29, 1.82) is 0 Å². The van der Waals surface area contributed by atoms with Crippen molar-refractivity contribution >= 4 is 22.5 Å². The second-order valence-electron chi connectivity index (χ2n) is 6.27. The highest BCUT2D eigenvalue weighted by Gasteiger charge is 2.22. The van der Waals surface area contributed by atoms with Gasteiger partial charge in [0, 0.05) is 50.2 Å². The number of nitrogens with zero attached hydrogens (tertiary/aromatic N) is 5. The van der Waals surface area contributed by atoms with Gasteiger partial charge in [-0.2, -0.15) is 0 Å². The molecule has 128 valence electrons. The fourth-order valence-corrected chi connectivity index (χ4v) is 3.29. The molecule has 1 atom stereocenters. The molecule has 1 saturated heterocycles. The quantitative estimate of drug-likeness (QED) is 0.791. The van der Waals surface area contributed by atoms with E-state index in [4.69, 9.17) is 0 Å². The maximum atomic E-state index is 4.54. The van der Waals surface area contributed by atoms with Gasteiger partial charge in [0.05, 0.1) is 6.17 Å². The molecule has 0 saturated carbocycles. The van der Waals surface area contributed by atoms with Crippen molar-refractivity contribution < 1.29 is 0 Å². The molecule has 1 fully saturated rings. The number of nitrogens with one attached hydrogen (secondary N) is 1. The van der Waals surface area contributed by atoms with Gasteiger partial charge < -0.3 is 10.2 Å². The SMILES string of the molecule is CC(Nc1nccc2ccccc12)N1CCN(c2ncccn2)CC1. The number of pyridine rings is 1. The van der Waals surface area contributed by atoms with E-state index in [2.05, 4.69) is 61.3 Å². The Morgan fingerprint density at radius 3 is 2.44 bits per heavy atom. The highest BCUT2D eigenvalue weighted by molar-refractivity contribution is 5.91. The van der Waals surface area contributed by atoms with Crippen LogP contribution >= 0.6 is 0 Å². The Labute approximate surface area is 147 Å². The van der Waals surface area contributed by atoms with E-state index in [0.717, 1.165) is 43.3 Å². The Morgan fingerprint density at radius 2 is 1.64 bits per heavy atom. The molecule has 0 radical (unpaired) electrons. The molecule has 0 aliphatic carbocycles. The first-order chi connectivity index (χ1) is 12.3. The van der Waals surface area contributed by atoms with Crippen LogP contribution in [0.1, 0.15) is 6.92 Å². The molecule has 6 nitrogen and oxygen atoms in total. The first-order valence-electron chi connectivity index (χ1n) is 8.67. The van der Waals surface area contributed by atoms with Crippen LogP contribution in [0.25, 0.3) is 10.8 Å². The Morgan fingerprint density at radius 1 is 0.880 bits per heavy atom. The monoisotopic (exact) mass is 334 g/mol. The number of piperazine rings is 1. The van der Waals surface area contributed by atoms with Gasteiger partial charge in [-0.3, -0.25) is 4.90 Å². The Balaban J connectivity index is 1.41. The number of benzene rings is 1. The van der Waals surface area contributed by atoms with E-state index < -0.39 is 0 Å². The number of rotatable bonds is 4. The lowest BCUT2D eigenvalue weighted by atomic mass is 10.1. The molecule has 1 unspecified atom stereocenters. The average molecular weight is 334 g/mol. The summed E-state index contributed by atoms with van der Waals surface area (Å²) in [7, 11) is 0. The number of anilines is 2. The molecule has 0 spiro atoms. The molecule has 3 aromatic rings. The zero-order chi connectivity index (χ0) is 17.1. The first-order valence-corrected chi connectivity index (χ1v) is 8.67. The summed E-state index contributed by atoms with van der Waals surface area (Å²) in [6, 6.07) is 12.2. The maximum absolute atomic E-state index is 4.54. The predicted molar refractivity (Wildman–Crippen MR) is 101 cm³/mol. The van der Waals surface area contributed by atoms with E-state index >= 15 is 0 Å². The number of aromatic nitrogens is 3. The molecule has 0 amide bonds. The highest BCUT2D eigenvalue weighted by Crippen LogP contribution is 2.22. The van der Waals surface area contributed by atoms with E-state index in [1.165, 1.54) is 5.39 Å². The molecule has 0 bridgehead atoms. The van der Waals surface area contributed by atoms with Gasteiger partial charge >= 0.3 is 0 Å². The standard InChI is InChI=1S/C19H22N6/c1-15(23-18-17-6-3-2-5-16(17)7-10-20-18)24-11-13-25(14-12-24)19-21-8-4-9-22-19/h2-10,15H,11-14H2,1H3,(H,20,23). The van der Waals surface area contributed by atoms with Crippen LogP contribution in [0.4, 0.5) is 11.8 Å². The van der Waals surface area contributed by atoms with Crippen molar-refractivity contribution in [3.63, 3.8) is 0 Å². The molecule has 6 heteroatoms. The van der Waals surface area contributed by atoms with Crippen LogP contribution in [0, 0.1) is 0 Å². The van der Waals surface area contributed by atoms with Gasteiger partial charge in [0.2, 0.25) is 5.95 Å². The van der Waals surface area contributed by atoms with Crippen molar-refractivity contribution in [2.75, 3.05) is 36.4 Å². The number of fused-ring (bicyclic) bond motifs is 1. The third kappa shape index (κ3) is 3.39. The van der Waals surface area contributed by atoms with Gasteiger partial charge in [-0.05, 0) is 24.4 Å². The normalized spacial score (nSPS) is 16.8. The minimum atomic E-state index is 0.220. The van der Waals surface area contributed by atoms with Crippen molar-refractivity contribution in [3.8, 4) is 0 Å². The van der Waals surface area contributed by atoms with Crippen LogP contribution < -0.4 is 10.2 Å². The lowest BCUT2D eigenvalue weighted by Gasteiger charge is -2.38. The van der Waals surface area contributed by atoms with Gasteiger partial charge in [0.25, 0.3) is 0 Å². The summed E-state index contributed by atoms with van der Waals surface area (Å²) in [5.74, 6) is 1.76. The average Bonchev–Trinajstić information content (AvgIpc) is 2.69. The van der Waals surface area contributed by atoms with Crippen LogP contribution in [0.3, 0.4) is 0 Å². The Hall–Kier alpha value is -2.73. The van der Waals surface area contributed by atoms with Crippen LogP contribution in [0.15, 0.2) is 55.0 Å². The van der Waals surface area contributed by atoms with Gasteiger partial charge in [0.1, 0.15) is 5.82 Å². The summed E-state index contributed by atoms with van der Waals surface area (Å²) in [5, 5.41) is 5.94. The lowest BCUT2D eigenvalue weighted by Crippen LogP contribution is -2.52. The topological polar surface area (TPSA) is 57.2 Å². The molecule has 1 aliphatic heterocycles. The number of hydrogen-bond acceptors (Lipinski definition) is 6. The molecule has 1 aromatic carbocycles. The largest absolute Gasteiger partial charge is 0.354 e. The zero-order valence-electron chi connectivity index (χ0n) is 14.3. The van der Waals surface area contributed by atoms with Gasteiger partial charge in [0.15, 0.2) is 0 Å². The van der Waals surface area contributed by atoms with Gasteiger partial charge in [-0.25, -0.2) is 15.0 Å². The summed E-state index contributed by atoms with van der Waals surface area (Å²) in [6.07, 6.45) is 5.68. The van der Waals surface area contributed by atoms with Crippen molar-refractivity contribution in [2.24, 2.45) is 0 Å². The molecule has 25 heavy (non-hydrogen) atoms. The molecule has 1 N–H and O–H groups in total. The van der Waals surface area contributed by atoms with Crippen LogP contribution in [0.2, 0.25) is 0 Å².